The predicted octanol–water partition coefficient (Wildman–Crippen LogP) is 2.46. The van der Waals surface area contributed by atoms with Crippen molar-refractivity contribution in [2.75, 3.05) is 13.6 Å². The summed E-state index contributed by atoms with van der Waals surface area (Å²) in [6, 6.07) is 7.93. The van der Waals surface area contributed by atoms with Gasteiger partial charge in [-0.25, -0.2) is 0 Å². The summed E-state index contributed by atoms with van der Waals surface area (Å²) in [7, 11) is 1.78. The molecule has 1 heterocycles. The number of hydrogen-bond acceptors (Lipinski definition) is 4. The molecule has 2 rings (SSSR count). The zero-order chi connectivity index (χ0) is 14.5. The maximum absolute atomic E-state index is 11.5. The molecule has 0 aliphatic heterocycles. The van der Waals surface area contributed by atoms with Gasteiger partial charge in [0.1, 0.15) is 0 Å². The van der Waals surface area contributed by atoms with E-state index >= 15 is 0 Å². The van der Waals surface area contributed by atoms with Gasteiger partial charge in [-0.1, -0.05) is 29.8 Å². The van der Waals surface area contributed by atoms with Crippen LogP contribution in [0, 0.1) is 6.92 Å². The van der Waals surface area contributed by atoms with Crippen LogP contribution < -0.4 is 0 Å². The number of amides is 1. The van der Waals surface area contributed by atoms with Crippen LogP contribution in [0.3, 0.4) is 0 Å². The molecule has 0 unspecified atom stereocenters. The van der Waals surface area contributed by atoms with Gasteiger partial charge in [-0.15, -0.1) is 0 Å². The molecule has 106 valence electrons. The van der Waals surface area contributed by atoms with E-state index in [9.17, 15) is 4.79 Å². The molecule has 0 saturated carbocycles. The minimum Gasteiger partial charge on any atom is -0.345 e. The topological polar surface area (TPSA) is 59.2 Å². The summed E-state index contributed by atoms with van der Waals surface area (Å²) in [5, 5.41) is 3.95. The van der Waals surface area contributed by atoms with Crippen molar-refractivity contribution >= 4 is 5.91 Å². The molecule has 0 N–H and O–H groups in total. The molecule has 5 heteroatoms. The Bertz CT molecular complexity index is 575. The fourth-order valence-corrected chi connectivity index (χ4v) is 1.83. The first-order chi connectivity index (χ1) is 9.60. The fraction of sp³-hybridized carbons (Fsp3) is 0.400. The molecule has 1 amide bonds. The third-order valence-corrected chi connectivity index (χ3v) is 3.17. The highest BCUT2D eigenvalue weighted by atomic mass is 16.5. The average molecular weight is 273 g/mol. The molecule has 0 radical (unpaired) electrons. The molecule has 0 fully saturated rings. The first-order valence-electron chi connectivity index (χ1n) is 6.73. The number of carbonyl (C=O) groups excluding carboxylic acids is 1. The molecule has 0 spiro atoms. The van der Waals surface area contributed by atoms with Crippen LogP contribution in [0.2, 0.25) is 0 Å². The van der Waals surface area contributed by atoms with Crippen molar-refractivity contribution in [2.24, 2.45) is 0 Å². The smallest absolute Gasteiger partial charge is 0.257 e. The predicted molar refractivity (Wildman–Crippen MR) is 76.1 cm³/mol. The number of benzene rings is 1. The Hall–Kier alpha value is -2.17. The van der Waals surface area contributed by atoms with Gasteiger partial charge < -0.3 is 9.42 Å². The van der Waals surface area contributed by atoms with Crippen LogP contribution in [0.4, 0.5) is 0 Å². The number of aryl methyl sites for hydroxylation is 1. The number of hydrogen-bond donors (Lipinski definition) is 0. The van der Waals surface area contributed by atoms with Gasteiger partial charge in [-0.05, 0) is 19.1 Å². The summed E-state index contributed by atoms with van der Waals surface area (Å²) in [6.07, 6.45) is 1.11. The minimum absolute atomic E-state index is 0.118. The average Bonchev–Trinajstić information content (AvgIpc) is 2.93. The lowest BCUT2D eigenvalue weighted by Crippen LogP contribution is -2.28. The Balaban J connectivity index is 1.99. The van der Waals surface area contributed by atoms with Crippen molar-refractivity contribution in [1.29, 1.82) is 0 Å². The molecular formula is C15H19N3O2. The summed E-state index contributed by atoms with van der Waals surface area (Å²) < 4.78 is 5.25. The monoisotopic (exact) mass is 273 g/mol. The Morgan fingerprint density at radius 2 is 2.00 bits per heavy atom. The van der Waals surface area contributed by atoms with E-state index in [1.165, 1.54) is 5.56 Å². The SMILES string of the molecule is CCC(=O)N(C)CCc1noc(-c2ccc(C)cc2)n1. The standard InChI is InChI=1S/C15H19N3O2/c1-4-14(19)18(3)10-9-13-16-15(20-17-13)12-7-5-11(2)6-8-12/h5-8H,4,9-10H2,1-3H3. The van der Waals surface area contributed by atoms with Crippen molar-refractivity contribution < 1.29 is 9.32 Å². The lowest BCUT2D eigenvalue weighted by atomic mass is 10.1. The number of carbonyl (C=O) groups is 1. The fourth-order valence-electron chi connectivity index (χ4n) is 1.83. The summed E-state index contributed by atoms with van der Waals surface area (Å²) in [6.45, 7) is 4.48. The third-order valence-electron chi connectivity index (χ3n) is 3.17. The Labute approximate surface area is 118 Å². The van der Waals surface area contributed by atoms with E-state index < -0.39 is 0 Å². The molecule has 1 aromatic heterocycles. The highest BCUT2D eigenvalue weighted by Gasteiger charge is 2.11. The van der Waals surface area contributed by atoms with Gasteiger partial charge in [0.05, 0.1) is 0 Å². The van der Waals surface area contributed by atoms with Gasteiger partial charge in [0.2, 0.25) is 5.91 Å². The lowest BCUT2D eigenvalue weighted by Gasteiger charge is -2.14. The maximum atomic E-state index is 11.5. The van der Waals surface area contributed by atoms with E-state index in [4.69, 9.17) is 4.52 Å². The van der Waals surface area contributed by atoms with E-state index in [0.717, 1.165) is 5.56 Å². The van der Waals surface area contributed by atoms with Crippen molar-refractivity contribution in [3.8, 4) is 11.5 Å². The number of nitrogens with zero attached hydrogens (tertiary/aromatic N) is 3. The van der Waals surface area contributed by atoms with Gasteiger partial charge >= 0.3 is 0 Å². The molecule has 0 aliphatic carbocycles. The lowest BCUT2D eigenvalue weighted by molar-refractivity contribution is -0.129. The van der Waals surface area contributed by atoms with Gasteiger partial charge in [0, 0.05) is 32.0 Å². The molecule has 5 nitrogen and oxygen atoms in total. The molecule has 2 aromatic rings. The zero-order valence-electron chi connectivity index (χ0n) is 12.1. The van der Waals surface area contributed by atoms with Crippen molar-refractivity contribution in [3.63, 3.8) is 0 Å². The van der Waals surface area contributed by atoms with E-state index in [1.54, 1.807) is 11.9 Å². The highest BCUT2D eigenvalue weighted by molar-refractivity contribution is 5.75. The Kier molecular flexibility index (Phi) is 4.50. The summed E-state index contributed by atoms with van der Waals surface area (Å²) in [5.41, 5.74) is 2.10. The van der Waals surface area contributed by atoms with Gasteiger partial charge in [-0.2, -0.15) is 4.98 Å². The van der Waals surface area contributed by atoms with Crippen LogP contribution in [0.15, 0.2) is 28.8 Å². The molecule has 0 bridgehead atoms. The quantitative estimate of drug-likeness (QED) is 0.839. The molecule has 0 atom stereocenters. The first-order valence-corrected chi connectivity index (χ1v) is 6.73. The summed E-state index contributed by atoms with van der Waals surface area (Å²) >= 11 is 0. The van der Waals surface area contributed by atoms with Crippen LogP contribution in [-0.4, -0.2) is 34.5 Å². The number of aromatic nitrogens is 2. The van der Waals surface area contributed by atoms with E-state index in [1.807, 2.05) is 38.1 Å². The van der Waals surface area contributed by atoms with Crippen molar-refractivity contribution in [1.82, 2.24) is 15.0 Å². The Morgan fingerprint density at radius 3 is 2.65 bits per heavy atom. The second-order valence-electron chi connectivity index (χ2n) is 4.80. The number of likely N-dealkylation sites (N-methyl/N-ethyl adjacent to an activating group) is 1. The van der Waals surface area contributed by atoms with Crippen LogP contribution in [0.1, 0.15) is 24.7 Å². The molecular weight excluding hydrogens is 254 g/mol. The normalized spacial score (nSPS) is 10.6. The third kappa shape index (κ3) is 3.44. The molecule has 0 aliphatic rings. The van der Waals surface area contributed by atoms with E-state index in [-0.39, 0.29) is 5.91 Å². The van der Waals surface area contributed by atoms with Crippen LogP contribution in [-0.2, 0) is 11.2 Å². The van der Waals surface area contributed by atoms with Crippen molar-refractivity contribution in [3.05, 3.63) is 35.7 Å². The first kappa shape index (κ1) is 14.2. The van der Waals surface area contributed by atoms with E-state index in [2.05, 4.69) is 10.1 Å². The van der Waals surface area contributed by atoms with E-state index in [0.29, 0.717) is 31.1 Å². The van der Waals surface area contributed by atoms with Crippen LogP contribution >= 0.6 is 0 Å². The second-order valence-corrected chi connectivity index (χ2v) is 4.80. The van der Waals surface area contributed by atoms with Crippen LogP contribution in [0.5, 0.6) is 0 Å². The highest BCUT2D eigenvalue weighted by Crippen LogP contribution is 2.17. The van der Waals surface area contributed by atoms with Crippen molar-refractivity contribution in [2.45, 2.75) is 26.7 Å². The zero-order valence-corrected chi connectivity index (χ0v) is 12.1. The minimum atomic E-state index is 0.118. The number of rotatable bonds is 5. The summed E-state index contributed by atoms with van der Waals surface area (Å²) in [5.74, 6) is 1.26. The molecule has 20 heavy (non-hydrogen) atoms. The second kappa shape index (κ2) is 6.32. The maximum Gasteiger partial charge on any atom is 0.257 e. The van der Waals surface area contributed by atoms with Gasteiger partial charge in [0.15, 0.2) is 5.82 Å². The van der Waals surface area contributed by atoms with Crippen LogP contribution in [0.25, 0.3) is 11.5 Å². The van der Waals surface area contributed by atoms with Gasteiger partial charge in [-0.3, -0.25) is 4.79 Å². The molecule has 0 saturated heterocycles. The largest absolute Gasteiger partial charge is 0.345 e. The molecule has 1 aromatic carbocycles. The summed E-state index contributed by atoms with van der Waals surface area (Å²) in [4.78, 5) is 17.5. The Morgan fingerprint density at radius 1 is 1.30 bits per heavy atom. The van der Waals surface area contributed by atoms with Gasteiger partial charge in [0.25, 0.3) is 5.89 Å².